The molecular weight excluding hydrogens is 192 g/mol. The second-order valence-corrected chi connectivity index (χ2v) is 3.88. The summed E-state index contributed by atoms with van der Waals surface area (Å²) in [5, 5.41) is 12.1. The average molecular weight is 206 g/mol. The van der Waals surface area contributed by atoms with Crippen molar-refractivity contribution in [1.82, 2.24) is 0 Å². The summed E-state index contributed by atoms with van der Waals surface area (Å²) >= 11 is 0. The van der Waals surface area contributed by atoms with E-state index in [4.69, 9.17) is 10.8 Å². The summed E-state index contributed by atoms with van der Waals surface area (Å²) in [6, 6.07) is 5.20. The molecule has 0 aliphatic heterocycles. The monoisotopic (exact) mass is 206 g/mol. The molecule has 0 amide bonds. The Morgan fingerprint density at radius 2 is 2.20 bits per heavy atom. The van der Waals surface area contributed by atoms with Gasteiger partial charge < -0.3 is 16.2 Å². The van der Waals surface area contributed by atoms with E-state index in [1.54, 1.807) is 12.1 Å². The Balaban J connectivity index is 2.19. The van der Waals surface area contributed by atoms with Gasteiger partial charge in [-0.15, -0.1) is 0 Å². The fourth-order valence-corrected chi connectivity index (χ4v) is 1.59. The molecule has 0 heterocycles. The maximum absolute atomic E-state index is 10.8. The SMILES string of the molecule is Nc1ccc(C(=O)O)cc1NC1CCC1. The molecule has 2 rings (SSSR count). The lowest BCUT2D eigenvalue weighted by Crippen LogP contribution is -2.27. The van der Waals surface area contributed by atoms with Crippen molar-refractivity contribution in [3.05, 3.63) is 23.8 Å². The van der Waals surface area contributed by atoms with E-state index in [-0.39, 0.29) is 5.56 Å². The summed E-state index contributed by atoms with van der Waals surface area (Å²) in [5.74, 6) is -0.924. The number of carbonyl (C=O) groups is 1. The molecule has 1 aliphatic rings. The van der Waals surface area contributed by atoms with Crippen LogP contribution in [0.25, 0.3) is 0 Å². The first-order valence-electron chi connectivity index (χ1n) is 5.06. The number of carboxylic acids is 1. The van der Waals surface area contributed by atoms with E-state index in [2.05, 4.69) is 5.32 Å². The Morgan fingerprint density at radius 1 is 1.47 bits per heavy atom. The van der Waals surface area contributed by atoms with Crippen LogP contribution in [0, 0.1) is 0 Å². The van der Waals surface area contributed by atoms with Gasteiger partial charge in [-0.25, -0.2) is 4.79 Å². The van der Waals surface area contributed by atoms with Gasteiger partial charge in [0.2, 0.25) is 0 Å². The fourth-order valence-electron chi connectivity index (χ4n) is 1.59. The number of nitrogen functional groups attached to an aromatic ring is 1. The van der Waals surface area contributed by atoms with Gasteiger partial charge in [-0.3, -0.25) is 0 Å². The summed E-state index contributed by atoms with van der Waals surface area (Å²) < 4.78 is 0. The molecule has 0 saturated heterocycles. The second kappa shape index (κ2) is 3.81. The van der Waals surface area contributed by atoms with E-state index < -0.39 is 5.97 Å². The molecule has 0 unspecified atom stereocenters. The number of anilines is 2. The third kappa shape index (κ3) is 2.03. The zero-order chi connectivity index (χ0) is 10.8. The van der Waals surface area contributed by atoms with Gasteiger partial charge in [-0.1, -0.05) is 0 Å². The Hall–Kier alpha value is -1.71. The minimum Gasteiger partial charge on any atom is -0.478 e. The quantitative estimate of drug-likeness (QED) is 0.660. The lowest BCUT2D eigenvalue weighted by atomic mass is 9.93. The molecule has 80 valence electrons. The number of benzene rings is 1. The van der Waals surface area contributed by atoms with Crippen LogP contribution < -0.4 is 11.1 Å². The molecule has 4 N–H and O–H groups in total. The van der Waals surface area contributed by atoms with Crippen LogP contribution in [0.4, 0.5) is 11.4 Å². The molecule has 1 saturated carbocycles. The summed E-state index contributed by atoms with van der Waals surface area (Å²) in [7, 11) is 0. The summed E-state index contributed by atoms with van der Waals surface area (Å²) in [5.41, 5.74) is 7.37. The Morgan fingerprint density at radius 3 is 2.73 bits per heavy atom. The minimum atomic E-state index is -0.924. The molecule has 0 bridgehead atoms. The van der Waals surface area contributed by atoms with Crippen LogP contribution in [0.5, 0.6) is 0 Å². The average Bonchev–Trinajstić information content (AvgIpc) is 2.13. The van der Waals surface area contributed by atoms with Crippen LogP contribution in [0.3, 0.4) is 0 Å². The van der Waals surface area contributed by atoms with Gasteiger partial charge in [-0.05, 0) is 37.5 Å². The predicted octanol–water partition coefficient (Wildman–Crippen LogP) is 1.93. The molecule has 1 aromatic carbocycles. The summed E-state index contributed by atoms with van der Waals surface area (Å²) in [4.78, 5) is 10.8. The van der Waals surface area contributed by atoms with Crippen molar-refractivity contribution in [2.45, 2.75) is 25.3 Å². The molecule has 1 fully saturated rings. The van der Waals surface area contributed by atoms with Crippen LogP contribution in [-0.4, -0.2) is 17.1 Å². The Bertz CT molecular complexity index is 386. The third-order valence-corrected chi connectivity index (χ3v) is 2.77. The highest BCUT2D eigenvalue weighted by atomic mass is 16.4. The van der Waals surface area contributed by atoms with Gasteiger partial charge >= 0.3 is 5.97 Å². The first-order valence-corrected chi connectivity index (χ1v) is 5.06. The van der Waals surface area contributed by atoms with Gasteiger partial charge in [0.05, 0.1) is 16.9 Å². The summed E-state index contributed by atoms with van der Waals surface area (Å²) in [6.45, 7) is 0. The molecule has 0 spiro atoms. The van der Waals surface area contributed by atoms with Crippen molar-refractivity contribution in [2.75, 3.05) is 11.1 Å². The lowest BCUT2D eigenvalue weighted by Gasteiger charge is -2.28. The number of aromatic carboxylic acids is 1. The third-order valence-electron chi connectivity index (χ3n) is 2.77. The van der Waals surface area contributed by atoms with Gasteiger partial charge in [0.1, 0.15) is 0 Å². The normalized spacial score (nSPS) is 15.7. The second-order valence-electron chi connectivity index (χ2n) is 3.88. The molecule has 15 heavy (non-hydrogen) atoms. The molecule has 0 radical (unpaired) electrons. The van der Waals surface area contributed by atoms with E-state index in [1.807, 2.05) is 0 Å². The first kappa shape index (κ1) is 9.83. The van der Waals surface area contributed by atoms with E-state index in [0.29, 0.717) is 11.7 Å². The van der Waals surface area contributed by atoms with E-state index in [0.717, 1.165) is 18.5 Å². The minimum absolute atomic E-state index is 0.269. The van der Waals surface area contributed by atoms with Crippen LogP contribution in [-0.2, 0) is 0 Å². The largest absolute Gasteiger partial charge is 0.478 e. The first-order chi connectivity index (χ1) is 7.16. The Kier molecular flexibility index (Phi) is 2.49. The molecule has 0 aromatic heterocycles. The number of hydrogen-bond acceptors (Lipinski definition) is 3. The van der Waals surface area contributed by atoms with E-state index in [9.17, 15) is 4.79 Å². The Labute approximate surface area is 88.1 Å². The van der Waals surface area contributed by atoms with Gasteiger partial charge in [0, 0.05) is 6.04 Å². The molecule has 0 atom stereocenters. The highest BCUT2D eigenvalue weighted by molar-refractivity contribution is 5.90. The smallest absolute Gasteiger partial charge is 0.335 e. The van der Waals surface area contributed by atoms with Crippen molar-refractivity contribution in [3.63, 3.8) is 0 Å². The van der Waals surface area contributed by atoms with Crippen LogP contribution >= 0.6 is 0 Å². The van der Waals surface area contributed by atoms with E-state index >= 15 is 0 Å². The lowest BCUT2D eigenvalue weighted by molar-refractivity contribution is 0.0697. The van der Waals surface area contributed by atoms with Gasteiger partial charge in [0.15, 0.2) is 0 Å². The van der Waals surface area contributed by atoms with Crippen molar-refractivity contribution >= 4 is 17.3 Å². The standard InChI is InChI=1S/C11H14N2O2/c12-9-5-4-7(11(14)15)6-10(9)13-8-2-1-3-8/h4-6,8,13H,1-3,12H2,(H,14,15). The van der Waals surface area contributed by atoms with Gasteiger partial charge in [0.25, 0.3) is 0 Å². The molecule has 1 aromatic rings. The maximum Gasteiger partial charge on any atom is 0.335 e. The molecule has 4 nitrogen and oxygen atoms in total. The number of nitrogens with one attached hydrogen (secondary N) is 1. The maximum atomic E-state index is 10.8. The highest BCUT2D eigenvalue weighted by Crippen LogP contribution is 2.27. The van der Waals surface area contributed by atoms with E-state index in [1.165, 1.54) is 12.5 Å². The molecule has 1 aliphatic carbocycles. The van der Waals surface area contributed by atoms with Crippen molar-refractivity contribution in [1.29, 1.82) is 0 Å². The molecule has 4 heteroatoms. The van der Waals surface area contributed by atoms with Crippen LogP contribution in [0.15, 0.2) is 18.2 Å². The number of nitrogens with two attached hydrogens (primary N) is 1. The van der Waals surface area contributed by atoms with Crippen LogP contribution in [0.1, 0.15) is 29.6 Å². The number of rotatable bonds is 3. The van der Waals surface area contributed by atoms with Crippen molar-refractivity contribution < 1.29 is 9.90 Å². The zero-order valence-corrected chi connectivity index (χ0v) is 8.36. The zero-order valence-electron chi connectivity index (χ0n) is 8.36. The topological polar surface area (TPSA) is 75.4 Å². The fraction of sp³-hybridized carbons (Fsp3) is 0.364. The molecular formula is C11H14N2O2. The highest BCUT2D eigenvalue weighted by Gasteiger charge is 2.18. The number of hydrogen-bond donors (Lipinski definition) is 3. The number of carboxylic acid groups (broad SMARTS) is 1. The van der Waals surface area contributed by atoms with Crippen molar-refractivity contribution in [3.8, 4) is 0 Å². The predicted molar refractivity (Wildman–Crippen MR) is 59.1 cm³/mol. The van der Waals surface area contributed by atoms with Crippen molar-refractivity contribution in [2.24, 2.45) is 0 Å². The summed E-state index contributed by atoms with van der Waals surface area (Å²) in [6.07, 6.45) is 3.50. The van der Waals surface area contributed by atoms with Gasteiger partial charge in [-0.2, -0.15) is 0 Å². The van der Waals surface area contributed by atoms with Crippen LogP contribution in [0.2, 0.25) is 0 Å².